The fourth-order valence-electron chi connectivity index (χ4n) is 1.60. The van der Waals surface area contributed by atoms with Gasteiger partial charge in [0.05, 0.1) is 6.67 Å². The Morgan fingerprint density at radius 2 is 2.07 bits per heavy atom. The summed E-state index contributed by atoms with van der Waals surface area (Å²) in [6.07, 6.45) is 1.89. The maximum Gasteiger partial charge on any atom is 0.123 e. The molecule has 0 saturated carbocycles. The van der Waals surface area contributed by atoms with Gasteiger partial charge in [0.1, 0.15) is 5.82 Å². The Balaban J connectivity index is 3.02. The van der Waals surface area contributed by atoms with Gasteiger partial charge in [-0.15, -0.1) is 0 Å². The third-order valence-corrected chi connectivity index (χ3v) is 2.39. The standard InChI is InChI=1S/C12H16F2/c1-3-4-10-5-6-11(14)7-12(10)9(2)8-13/h5-7,9H,3-4,8H2,1-2H3. The predicted molar refractivity (Wildman–Crippen MR) is 54.8 cm³/mol. The average Bonchev–Trinajstić information content (AvgIpc) is 2.20. The van der Waals surface area contributed by atoms with Gasteiger partial charge in [-0.1, -0.05) is 26.3 Å². The van der Waals surface area contributed by atoms with Crippen LogP contribution in [0.5, 0.6) is 0 Å². The quantitative estimate of drug-likeness (QED) is 0.689. The Labute approximate surface area is 84.0 Å². The highest BCUT2D eigenvalue weighted by atomic mass is 19.1. The number of rotatable bonds is 4. The summed E-state index contributed by atoms with van der Waals surface area (Å²) in [5, 5.41) is 0. The van der Waals surface area contributed by atoms with Crippen molar-refractivity contribution in [1.29, 1.82) is 0 Å². The van der Waals surface area contributed by atoms with Gasteiger partial charge in [-0.3, -0.25) is 4.39 Å². The molecule has 0 aromatic heterocycles. The zero-order chi connectivity index (χ0) is 10.6. The SMILES string of the molecule is CCCc1ccc(F)cc1C(C)CF. The molecule has 0 aliphatic heterocycles. The molecule has 0 bridgehead atoms. The third kappa shape index (κ3) is 2.53. The van der Waals surface area contributed by atoms with Gasteiger partial charge in [-0.25, -0.2) is 4.39 Å². The van der Waals surface area contributed by atoms with E-state index in [0.717, 1.165) is 24.0 Å². The Morgan fingerprint density at radius 1 is 1.36 bits per heavy atom. The van der Waals surface area contributed by atoms with Crippen molar-refractivity contribution in [3.63, 3.8) is 0 Å². The van der Waals surface area contributed by atoms with Crippen LogP contribution in [0.3, 0.4) is 0 Å². The Kier molecular flexibility index (Phi) is 4.05. The molecule has 1 rings (SSSR count). The highest BCUT2D eigenvalue weighted by molar-refractivity contribution is 5.31. The zero-order valence-corrected chi connectivity index (χ0v) is 8.69. The van der Waals surface area contributed by atoms with Gasteiger partial charge < -0.3 is 0 Å². The maximum absolute atomic E-state index is 13.0. The molecule has 0 heterocycles. The fourth-order valence-corrected chi connectivity index (χ4v) is 1.60. The van der Waals surface area contributed by atoms with Gasteiger partial charge in [-0.2, -0.15) is 0 Å². The van der Waals surface area contributed by atoms with Gasteiger partial charge in [0.25, 0.3) is 0 Å². The lowest BCUT2D eigenvalue weighted by Crippen LogP contribution is -2.02. The predicted octanol–water partition coefficient (Wildman–Crippen LogP) is 3.85. The maximum atomic E-state index is 13.0. The minimum atomic E-state index is -0.430. The summed E-state index contributed by atoms with van der Waals surface area (Å²) < 4.78 is 25.5. The van der Waals surface area contributed by atoms with Gasteiger partial charge in [-0.05, 0) is 29.7 Å². The van der Waals surface area contributed by atoms with Crippen molar-refractivity contribution in [2.24, 2.45) is 0 Å². The van der Waals surface area contributed by atoms with E-state index in [1.165, 1.54) is 12.1 Å². The van der Waals surface area contributed by atoms with E-state index in [2.05, 4.69) is 6.92 Å². The molecule has 1 atom stereocenters. The number of alkyl halides is 1. The lowest BCUT2D eigenvalue weighted by molar-refractivity contribution is 0.444. The van der Waals surface area contributed by atoms with Gasteiger partial charge in [0.2, 0.25) is 0 Å². The zero-order valence-electron chi connectivity index (χ0n) is 8.69. The second-order valence-corrected chi connectivity index (χ2v) is 3.65. The largest absolute Gasteiger partial charge is 0.250 e. The molecule has 78 valence electrons. The third-order valence-electron chi connectivity index (χ3n) is 2.39. The van der Waals surface area contributed by atoms with Crippen molar-refractivity contribution in [3.05, 3.63) is 35.1 Å². The van der Waals surface area contributed by atoms with Crippen LogP contribution in [0.25, 0.3) is 0 Å². The molecule has 0 nitrogen and oxygen atoms in total. The molecule has 1 aromatic carbocycles. The molecule has 0 aliphatic carbocycles. The molecule has 1 unspecified atom stereocenters. The number of aryl methyl sites for hydroxylation is 1. The fraction of sp³-hybridized carbons (Fsp3) is 0.500. The van der Waals surface area contributed by atoms with Gasteiger partial charge in [0.15, 0.2) is 0 Å². The van der Waals surface area contributed by atoms with Crippen LogP contribution in [-0.2, 0) is 6.42 Å². The summed E-state index contributed by atoms with van der Waals surface area (Å²) >= 11 is 0. The molecule has 0 spiro atoms. The number of hydrogen-bond donors (Lipinski definition) is 0. The minimum absolute atomic E-state index is 0.202. The van der Waals surface area contributed by atoms with Crippen molar-refractivity contribution in [3.8, 4) is 0 Å². The van der Waals surface area contributed by atoms with Crippen LogP contribution in [0.2, 0.25) is 0 Å². The van der Waals surface area contributed by atoms with Crippen molar-refractivity contribution in [2.45, 2.75) is 32.6 Å². The first kappa shape index (κ1) is 11.2. The van der Waals surface area contributed by atoms with E-state index in [0.29, 0.717) is 0 Å². The van der Waals surface area contributed by atoms with Crippen molar-refractivity contribution < 1.29 is 8.78 Å². The molecule has 0 saturated heterocycles. The highest BCUT2D eigenvalue weighted by Crippen LogP contribution is 2.22. The van der Waals surface area contributed by atoms with Gasteiger partial charge >= 0.3 is 0 Å². The van der Waals surface area contributed by atoms with Crippen LogP contribution < -0.4 is 0 Å². The van der Waals surface area contributed by atoms with E-state index in [1.807, 2.05) is 0 Å². The average molecular weight is 198 g/mol. The van der Waals surface area contributed by atoms with Crippen molar-refractivity contribution in [1.82, 2.24) is 0 Å². The molecule has 0 N–H and O–H groups in total. The van der Waals surface area contributed by atoms with Crippen LogP contribution in [0.15, 0.2) is 18.2 Å². The summed E-state index contributed by atoms with van der Waals surface area (Å²) in [6.45, 7) is 3.42. The Bertz CT molecular complexity index is 294. The van der Waals surface area contributed by atoms with E-state index < -0.39 is 6.67 Å². The van der Waals surface area contributed by atoms with Gasteiger partial charge in [0, 0.05) is 5.92 Å². The summed E-state index contributed by atoms with van der Waals surface area (Å²) in [7, 11) is 0. The van der Waals surface area contributed by atoms with E-state index >= 15 is 0 Å². The summed E-state index contributed by atoms with van der Waals surface area (Å²) in [6, 6.07) is 4.66. The van der Waals surface area contributed by atoms with Crippen LogP contribution >= 0.6 is 0 Å². The number of hydrogen-bond acceptors (Lipinski definition) is 0. The molecule has 0 amide bonds. The second-order valence-electron chi connectivity index (χ2n) is 3.65. The lowest BCUT2D eigenvalue weighted by atomic mass is 9.94. The normalized spacial score (nSPS) is 12.9. The molecular weight excluding hydrogens is 182 g/mol. The van der Waals surface area contributed by atoms with Crippen LogP contribution in [-0.4, -0.2) is 6.67 Å². The van der Waals surface area contributed by atoms with Crippen LogP contribution in [0.1, 0.15) is 37.3 Å². The number of benzene rings is 1. The van der Waals surface area contributed by atoms with E-state index in [9.17, 15) is 8.78 Å². The lowest BCUT2D eigenvalue weighted by Gasteiger charge is -2.13. The smallest absolute Gasteiger partial charge is 0.123 e. The van der Waals surface area contributed by atoms with E-state index in [4.69, 9.17) is 0 Å². The number of halogens is 2. The molecule has 0 fully saturated rings. The Morgan fingerprint density at radius 3 is 2.64 bits per heavy atom. The molecule has 1 aromatic rings. The summed E-state index contributed by atoms with van der Waals surface area (Å²) in [5.74, 6) is -0.479. The molecule has 2 heteroatoms. The molecule has 14 heavy (non-hydrogen) atoms. The monoisotopic (exact) mass is 198 g/mol. The Hall–Kier alpha value is -0.920. The molecule has 0 radical (unpaired) electrons. The van der Waals surface area contributed by atoms with Crippen molar-refractivity contribution in [2.75, 3.05) is 6.67 Å². The first-order chi connectivity index (χ1) is 6.69. The van der Waals surface area contributed by atoms with Crippen LogP contribution in [0.4, 0.5) is 8.78 Å². The van der Waals surface area contributed by atoms with Crippen molar-refractivity contribution >= 4 is 0 Å². The molecular formula is C12H16F2. The molecule has 0 aliphatic rings. The van der Waals surface area contributed by atoms with E-state index in [-0.39, 0.29) is 11.7 Å². The first-order valence-corrected chi connectivity index (χ1v) is 5.03. The van der Waals surface area contributed by atoms with E-state index in [1.54, 1.807) is 13.0 Å². The second kappa shape index (κ2) is 5.08. The topological polar surface area (TPSA) is 0 Å². The summed E-state index contributed by atoms with van der Waals surface area (Å²) in [5.41, 5.74) is 1.88. The summed E-state index contributed by atoms with van der Waals surface area (Å²) in [4.78, 5) is 0. The first-order valence-electron chi connectivity index (χ1n) is 5.03. The highest BCUT2D eigenvalue weighted by Gasteiger charge is 2.10. The van der Waals surface area contributed by atoms with Crippen LogP contribution in [0, 0.1) is 5.82 Å². The minimum Gasteiger partial charge on any atom is -0.250 e.